The first kappa shape index (κ1) is 19.4. The minimum atomic E-state index is -0.117. The third-order valence-corrected chi connectivity index (χ3v) is 3.59. The molecule has 1 amide bonds. The van der Waals surface area contributed by atoms with Crippen LogP contribution in [-0.4, -0.2) is 39.6 Å². The van der Waals surface area contributed by atoms with Crippen molar-refractivity contribution >= 4 is 30.7 Å². The maximum atomic E-state index is 12.4. The second kappa shape index (κ2) is 8.86. The van der Waals surface area contributed by atoms with Crippen molar-refractivity contribution in [2.75, 3.05) is 13.1 Å². The Morgan fingerprint density at radius 1 is 1.39 bits per heavy atom. The summed E-state index contributed by atoms with van der Waals surface area (Å²) >= 11 is 0. The summed E-state index contributed by atoms with van der Waals surface area (Å²) in [6, 6.07) is 3.93. The molecule has 8 heteroatoms. The molecule has 0 bridgehead atoms. The van der Waals surface area contributed by atoms with Crippen LogP contribution in [0.5, 0.6) is 0 Å². The molecule has 0 aliphatic carbocycles. The number of amides is 1. The number of pyridine rings is 1. The van der Waals surface area contributed by atoms with Crippen LogP contribution >= 0.6 is 24.8 Å². The van der Waals surface area contributed by atoms with E-state index in [0.29, 0.717) is 11.5 Å². The summed E-state index contributed by atoms with van der Waals surface area (Å²) < 4.78 is 1.80. The molecule has 23 heavy (non-hydrogen) atoms. The minimum Gasteiger partial charge on any atom is -0.347 e. The van der Waals surface area contributed by atoms with E-state index in [0.717, 1.165) is 31.5 Å². The fraction of sp³-hybridized carbons (Fsp3) is 0.400. The third-order valence-electron chi connectivity index (χ3n) is 3.59. The van der Waals surface area contributed by atoms with Crippen LogP contribution in [0.3, 0.4) is 0 Å². The zero-order chi connectivity index (χ0) is 14.7. The summed E-state index contributed by atoms with van der Waals surface area (Å²) in [4.78, 5) is 20.8. The van der Waals surface area contributed by atoms with Crippen LogP contribution in [0.2, 0.25) is 0 Å². The summed E-state index contributed by atoms with van der Waals surface area (Å²) in [5, 5.41) is 6.34. The number of imidazole rings is 1. The number of piperidine rings is 1. The van der Waals surface area contributed by atoms with Gasteiger partial charge in [-0.15, -0.1) is 24.8 Å². The van der Waals surface area contributed by atoms with Crippen LogP contribution in [0, 0.1) is 6.92 Å². The molecule has 3 rings (SSSR count). The number of rotatable bonds is 3. The molecule has 0 aromatic carbocycles. The van der Waals surface area contributed by atoms with Crippen LogP contribution in [0.25, 0.3) is 5.82 Å². The van der Waals surface area contributed by atoms with Gasteiger partial charge < -0.3 is 10.6 Å². The molecular formula is C15H21Cl2N5O. The Bertz CT molecular complexity index is 627. The highest BCUT2D eigenvalue weighted by atomic mass is 35.5. The highest BCUT2D eigenvalue weighted by molar-refractivity contribution is 5.92. The van der Waals surface area contributed by atoms with Gasteiger partial charge in [0, 0.05) is 25.0 Å². The van der Waals surface area contributed by atoms with Crippen molar-refractivity contribution in [1.82, 2.24) is 25.2 Å². The Kier molecular flexibility index (Phi) is 7.48. The second-order valence-electron chi connectivity index (χ2n) is 5.37. The van der Waals surface area contributed by atoms with E-state index >= 15 is 0 Å². The zero-order valence-corrected chi connectivity index (χ0v) is 14.5. The Balaban J connectivity index is 0.00000132. The van der Waals surface area contributed by atoms with Gasteiger partial charge in [0.25, 0.3) is 5.91 Å². The molecule has 3 heterocycles. The Hall–Kier alpha value is -1.63. The van der Waals surface area contributed by atoms with Gasteiger partial charge in [0.05, 0.1) is 0 Å². The minimum absolute atomic E-state index is 0. The molecular weight excluding hydrogens is 337 g/mol. The van der Waals surface area contributed by atoms with E-state index in [1.54, 1.807) is 17.1 Å². The summed E-state index contributed by atoms with van der Waals surface area (Å²) in [7, 11) is 0. The van der Waals surface area contributed by atoms with Crippen molar-refractivity contribution in [2.24, 2.45) is 0 Å². The van der Waals surface area contributed by atoms with Gasteiger partial charge in [0.1, 0.15) is 17.8 Å². The van der Waals surface area contributed by atoms with E-state index in [1.807, 2.05) is 25.3 Å². The molecule has 0 saturated carbocycles. The highest BCUT2D eigenvalue weighted by Gasteiger charge is 2.17. The lowest BCUT2D eigenvalue weighted by molar-refractivity contribution is 0.0925. The van der Waals surface area contributed by atoms with Crippen molar-refractivity contribution < 1.29 is 4.79 Å². The molecule has 2 N–H and O–H groups in total. The zero-order valence-electron chi connectivity index (χ0n) is 12.9. The first-order valence-electron chi connectivity index (χ1n) is 7.21. The molecule has 1 aliphatic rings. The maximum absolute atomic E-state index is 12.4. The molecule has 1 saturated heterocycles. The summed E-state index contributed by atoms with van der Waals surface area (Å²) in [5.74, 6) is 0.591. The van der Waals surface area contributed by atoms with Crippen LogP contribution < -0.4 is 10.6 Å². The fourth-order valence-corrected chi connectivity index (χ4v) is 2.53. The molecule has 6 nitrogen and oxygen atoms in total. The van der Waals surface area contributed by atoms with Crippen LogP contribution in [-0.2, 0) is 0 Å². The standard InChI is InChI=1S/C15H19N5O.2ClH/c1-11-7-13(15(21)18-12-3-2-4-16-9-12)19-14(8-11)20-6-5-17-10-20;;/h5-8,10,12,16H,2-4,9H2,1H3,(H,18,21);2*1H/t12-;;/m1../s1. The second-order valence-corrected chi connectivity index (χ2v) is 5.37. The number of carbonyl (C=O) groups is 1. The van der Waals surface area contributed by atoms with E-state index < -0.39 is 0 Å². The van der Waals surface area contributed by atoms with Gasteiger partial charge in [0.2, 0.25) is 0 Å². The number of aromatic nitrogens is 3. The van der Waals surface area contributed by atoms with E-state index in [-0.39, 0.29) is 36.8 Å². The average molecular weight is 358 g/mol. The molecule has 126 valence electrons. The molecule has 1 fully saturated rings. The van der Waals surface area contributed by atoms with Gasteiger partial charge in [-0.25, -0.2) is 9.97 Å². The molecule has 1 atom stereocenters. The Morgan fingerprint density at radius 2 is 2.22 bits per heavy atom. The van der Waals surface area contributed by atoms with Crippen molar-refractivity contribution in [3.63, 3.8) is 0 Å². The van der Waals surface area contributed by atoms with E-state index in [9.17, 15) is 4.79 Å². The highest BCUT2D eigenvalue weighted by Crippen LogP contribution is 2.10. The number of hydrogen-bond acceptors (Lipinski definition) is 4. The number of carbonyl (C=O) groups excluding carboxylic acids is 1. The normalized spacial score (nSPS) is 16.8. The largest absolute Gasteiger partial charge is 0.347 e. The number of halogens is 2. The third kappa shape index (κ3) is 4.92. The van der Waals surface area contributed by atoms with Crippen LogP contribution in [0.1, 0.15) is 28.9 Å². The predicted octanol–water partition coefficient (Wildman–Crippen LogP) is 1.90. The molecule has 0 radical (unpaired) electrons. The van der Waals surface area contributed by atoms with Crippen LogP contribution in [0.15, 0.2) is 30.9 Å². The molecule has 0 unspecified atom stereocenters. The first-order chi connectivity index (χ1) is 10.2. The maximum Gasteiger partial charge on any atom is 0.270 e. The van der Waals surface area contributed by atoms with Gasteiger partial charge in [0.15, 0.2) is 0 Å². The van der Waals surface area contributed by atoms with E-state index in [4.69, 9.17) is 0 Å². The summed E-state index contributed by atoms with van der Waals surface area (Å²) in [6.45, 7) is 3.81. The van der Waals surface area contributed by atoms with Crippen molar-refractivity contribution in [3.05, 3.63) is 42.1 Å². The number of nitrogens with zero attached hydrogens (tertiary/aromatic N) is 3. The summed E-state index contributed by atoms with van der Waals surface area (Å²) in [6.07, 6.45) is 7.28. The lowest BCUT2D eigenvalue weighted by Crippen LogP contribution is -2.45. The molecule has 0 spiro atoms. The smallest absolute Gasteiger partial charge is 0.270 e. The lowest BCUT2D eigenvalue weighted by atomic mass is 10.1. The van der Waals surface area contributed by atoms with Gasteiger partial charge in [-0.1, -0.05) is 0 Å². The van der Waals surface area contributed by atoms with E-state index in [1.165, 1.54) is 0 Å². The van der Waals surface area contributed by atoms with Crippen molar-refractivity contribution in [1.29, 1.82) is 0 Å². The SMILES string of the molecule is Cc1cc(C(=O)N[C@@H]2CCCNC2)nc(-n2ccnc2)c1.Cl.Cl. The topological polar surface area (TPSA) is 71.8 Å². The van der Waals surface area contributed by atoms with Gasteiger partial charge in [-0.2, -0.15) is 0 Å². The number of nitrogens with one attached hydrogen (secondary N) is 2. The lowest BCUT2D eigenvalue weighted by Gasteiger charge is -2.23. The summed E-state index contributed by atoms with van der Waals surface area (Å²) in [5.41, 5.74) is 1.45. The van der Waals surface area contributed by atoms with Crippen LogP contribution in [0.4, 0.5) is 0 Å². The fourth-order valence-electron chi connectivity index (χ4n) is 2.53. The number of aryl methyl sites for hydroxylation is 1. The van der Waals surface area contributed by atoms with E-state index in [2.05, 4.69) is 20.6 Å². The van der Waals surface area contributed by atoms with Gasteiger partial charge in [-0.05, 0) is 44.0 Å². The monoisotopic (exact) mass is 357 g/mol. The Labute approximate surface area is 147 Å². The van der Waals surface area contributed by atoms with Gasteiger partial charge >= 0.3 is 0 Å². The van der Waals surface area contributed by atoms with Crippen molar-refractivity contribution in [3.8, 4) is 5.82 Å². The molecule has 1 aliphatic heterocycles. The van der Waals surface area contributed by atoms with Gasteiger partial charge in [-0.3, -0.25) is 9.36 Å². The number of hydrogen-bond donors (Lipinski definition) is 2. The average Bonchev–Trinajstić information content (AvgIpc) is 3.02. The molecule has 2 aromatic heterocycles. The predicted molar refractivity (Wildman–Crippen MR) is 93.9 cm³/mol. The molecule has 2 aromatic rings. The first-order valence-corrected chi connectivity index (χ1v) is 7.21. The Morgan fingerprint density at radius 3 is 2.87 bits per heavy atom. The quantitative estimate of drug-likeness (QED) is 0.879. The van der Waals surface area contributed by atoms with Crippen molar-refractivity contribution in [2.45, 2.75) is 25.8 Å².